The molecule has 0 aromatic heterocycles. The van der Waals surface area contributed by atoms with E-state index >= 15 is 0 Å². The van der Waals surface area contributed by atoms with Gasteiger partial charge in [0.05, 0.1) is 0 Å². The van der Waals surface area contributed by atoms with E-state index in [0.717, 1.165) is 25.4 Å². The topological polar surface area (TPSA) is 38.0 Å². The van der Waals surface area contributed by atoms with Crippen LogP contribution in [0.1, 0.15) is 59.3 Å². The van der Waals surface area contributed by atoms with Crippen LogP contribution in [-0.4, -0.2) is 18.6 Å². The first-order chi connectivity index (χ1) is 8.43. The molecular formula is C16H32N2. The summed E-state index contributed by atoms with van der Waals surface area (Å²) < 4.78 is 0. The van der Waals surface area contributed by atoms with Gasteiger partial charge >= 0.3 is 0 Å². The Hall–Kier alpha value is -0.340. The molecule has 0 bridgehead atoms. The Morgan fingerprint density at radius 2 is 2.06 bits per heavy atom. The van der Waals surface area contributed by atoms with Gasteiger partial charge in [-0.25, -0.2) is 0 Å². The molecule has 0 amide bonds. The van der Waals surface area contributed by atoms with Crippen molar-refractivity contribution in [3.8, 4) is 0 Å². The fourth-order valence-corrected chi connectivity index (χ4v) is 3.17. The lowest BCUT2D eigenvalue weighted by Crippen LogP contribution is -2.51. The van der Waals surface area contributed by atoms with E-state index in [-0.39, 0.29) is 5.54 Å². The van der Waals surface area contributed by atoms with E-state index < -0.39 is 0 Å². The zero-order valence-electron chi connectivity index (χ0n) is 12.6. The SMILES string of the molecule is C=CCCNC1(CN)CCCC(C(C)(C)C)CC1. The van der Waals surface area contributed by atoms with Crippen LogP contribution in [0.3, 0.4) is 0 Å². The zero-order valence-corrected chi connectivity index (χ0v) is 12.6. The van der Waals surface area contributed by atoms with E-state index in [9.17, 15) is 0 Å². The monoisotopic (exact) mass is 252 g/mol. The molecule has 0 aliphatic heterocycles. The smallest absolute Gasteiger partial charge is 0.0304 e. The summed E-state index contributed by atoms with van der Waals surface area (Å²) in [6.45, 7) is 12.7. The molecule has 0 saturated heterocycles. The number of nitrogens with one attached hydrogen (secondary N) is 1. The van der Waals surface area contributed by atoms with Gasteiger partial charge in [0.25, 0.3) is 0 Å². The van der Waals surface area contributed by atoms with E-state index in [4.69, 9.17) is 5.73 Å². The third kappa shape index (κ3) is 4.40. The highest BCUT2D eigenvalue weighted by Gasteiger charge is 2.34. The lowest BCUT2D eigenvalue weighted by atomic mass is 9.76. The van der Waals surface area contributed by atoms with Crippen LogP contribution in [0.4, 0.5) is 0 Å². The standard InChI is InChI=1S/C16H32N2/c1-5-6-12-18-16(13-17)10-7-8-14(9-11-16)15(2,3)4/h5,14,18H,1,6-13,17H2,2-4H3. The first-order valence-electron chi connectivity index (χ1n) is 7.49. The van der Waals surface area contributed by atoms with E-state index in [2.05, 4.69) is 32.7 Å². The summed E-state index contributed by atoms with van der Waals surface area (Å²) in [6, 6.07) is 0. The molecule has 0 spiro atoms. The Balaban J connectivity index is 2.58. The molecule has 2 atom stereocenters. The molecule has 3 N–H and O–H groups in total. The molecule has 2 heteroatoms. The van der Waals surface area contributed by atoms with Gasteiger partial charge in [-0.15, -0.1) is 6.58 Å². The van der Waals surface area contributed by atoms with Gasteiger partial charge < -0.3 is 11.1 Å². The summed E-state index contributed by atoms with van der Waals surface area (Å²) in [5.41, 5.74) is 6.68. The van der Waals surface area contributed by atoms with Crippen LogP contribution in [0.25, 0.3) is 0 Å². The van der Waals surface area contributed by atoms with Crippen molar-refractivity contribution >= 4 is 0 Å². The molecule has 1 fully saturated rings. The molecule has 0 radical (unpaired) electrons. The minimum absolute atomic E-state index is 0.184. The summed E-state index contributed by atoms with van der Waals surface area (Å²) in [4.78, 5) is 0. The van der Waals surface area contributed by atoms with Gasteiger partial charge in [-0.05, 0) is 50.0 Å². The maximum atomic E-state index is 6.06. The molecule has 1 saturated carbocycles. The molecule has 2 unspecified atom stereocenters. The fraction of sp³-hybridized carbons (Fsp3) is 0.875. The molecule has 1 rings (SSSR count). The number of hydrogen-bond acceptors (Lipinski definition) is 2. The second kappa shape index (κ2) is 6.72. The van der Waals surface area contributed by atoms with Crippen molar-refractivity contribution in [2.24, 2.45) is 17.1 Å². The third-order valence-electron chi connectivity index (χ3n) is 4.64. The largest absolute Gasteiger partial charge is 0.329 e. The second-order valence-corrected chi connectivity index (χ2v) is 6.98. The van der Waals surface area contributed by atoms with Crippen LogP contribution in [0.15, 0.2) is 12.7 Å². The Morgan fingerprint density at radius 1 is 1.33 bits per heavy atom. The van der Waals surface area contributed by atoms with Gasteiger partial charge in [0.15, 0.2) is 0 Å². The first-order valence-corrected chi connectivity index (χ1v) is 7.49. The number of nitrogens with two attached hydrogens (primary N) is 1. The van der Waals surface area contributed by atoms with Crippen molar-refractivity contribution < 1.29 is 0 Å². The fourth-order valence-electron chi connectivity index (χ4n) is 3.17. The molecule has 0 aromatic rings. The highest BCUT2D eigenvalue weighted by Crippen LogP contribution is 2.39. The van der Waals surface area contributed by atoms with Crippen molar-refractivity contribution in [3.05, 3.63) is 12.7 Å². The summed E-state index contributed by atoms with van der Waals surface area (Å²) >= 11 is 0. The summed E-state index contributed by atoms with van der Waals surface area (Å²) in [7, 11) is 0. The molecular weight excluding hydrogens is 220 g/mol. The van der Waals surface area contributed by atoms with Crippen molar-refractivity contribution in [2.75, 3.05) is 13.1 Å². The van der Waals surface area contributed by atoms with Gasteiger partial charge in [-0.3, -0.25) is 0 Å². The molecule has 106 valence electrons. The maximum Gasteiger partial charge on any atom is 0.0304 e. The van der Waals surface area contributed by atoms with Crippen molar-refractivity contribution in [1.82, 2.24) is 5.32 Å². The van der Waals surface area contributed by atoms with Gasteiger partial charge in [0, 0.05) is 12.1 Å². The summed E-state index contributed by atoms with van der Waals surface area (Å²) in [5.74, 6) is 0.840. The normalized spacial score (nSPS) is 29.9. The molecule has 1 aliphatic carbocycles. The Kier molecular flexibility index (Phi) is 5.87. The minimum Gasteiger partial charge on any atom is -0.329 e. The average Bonchev–Trinajstić information content (AvgIpc) is 2.52. The average molecular weight is 252 g/mol. The van der Waals surface area contributed by atoms with Gasteiger partial charge in [0.1, 0.15) is 0 Å². The number of rotatable bonds is 5. The van der Waals surface area contributed by atoms with Crippen LogP contribution in [0, 0.1) is 11.3 Å². The van der Waals surface area contributed by atoms with E-state index in [1.54, 1.807) is 0 Å². The molecule has 1 aliphatic rings. The summed E-state index contributed by atoms with van der Waals surface area (Å²) in [5, 5.41) is 3.70. The Bertz CT molecular complexity index is 254. The molecule has 0 heterocycles. The molecule has 2 nitrogen and oxygen atoms in total. The molecule has 18 heavy (non-hydrogen) atoms. The van der Waals surface area contributed by atoms with Crippen LogP contribution >= 0.6 is 0 Å². The van der Waals surface area contributed by atoms with Gasteiger partial charge in [-0.2, -0.15) is 0 Å². The van der Waals surface area contributed by atoms with E-state index in [1.807, 2.05) is 6.08 Å². The molecule has 0 aromatic carbocycles. The van der Waals surface area contributed by atoms with Crippen LogP contribution < -0.4 is 11.1 Å². The quantitative estimate of drug-likeness (QED) is 0.447. The third-order valence-corrected chi connectivity index (χ3v) is 4.64. The first kappa shape index (κ1) is 15.7. The second-order valence-electron chi connectivity index (χ2n) is 6.98. The predicted octanol–water partition coefficient (Wildman–Crippen LogP) is 3.48. The highest BCUT2D eigenvalue weighted by molar-refractivity contribution is 4.94. The van der Waals surface area contributed by atoms with Crippen molar-refractivity contribution in [2.45, 2.75) is 64.8 Å². The number of hydrogen-bond donors (Lipinski definition) is 2. The van der Waals surface area contributed by atoms with E-state index in [1.165, 1.54) is 32.1 Å². The lowest BCUT2D eigenvalue weighted by Gasteiger charge is -2.34. The van der Waals surface area contributed by atoms with Gasteiger partial charge in [0.2, 0.25) is 0 Å². The highest BCUT2D eigenvalue weighted by atomic mass is 15.0. The Morgan fingerprint density at radius 3 is 2.61 bits per heavy atom. The van der Waals surface area contributed by atoms with Crippen molar-refractivity contribution in [3.63, 3.8) is 0 Å². The van der Waals surface area contributed by atoms with Crippen molar-refractivity contribution in [1.29, 1.82) is 0 Å². The van der Waals surface area contributed by atoms with E-state index in [0.29, 0.717) is 5.41 Å². The Labute approximate surface area is 113 Å². The van der Waals surface area contributed by atoms with Crippen LogP contribution in [0.2, 0.25) is 0 Å². The zero-order chi connectivity index (χ0) is 13.6. The maximum absolute atomic E-state index is 6.06. The minimum atomic E-state index is 0.184. The van der Waals surface area contributed by atoms with Crippen LogP contribution in [-0.2, 0) is 0 Å². The summed E-state index contributed by atoms with van der Waals surface area (Å²) in [6.07, 6.45) is 9.43. The lowest BCUT2D eigenvalue weighted by molar-refractivity contribution is 0.206. The predicted molar refractivity (Wildman–Crippen MR) is 80.6 cm³/mol. The van der Waals surface area contributed by atoms with Gasteiger partial charge in [-0.1, -0.05) is 33.3 Å². The van der Waals surface area contributed by atoms with Crippen LogP contribution in [0.5, 0.6) is 0 Å².